The fourth-order valence-corrected chi connectivity index (χ4v) is 11.3. The molecule has 0 spiro atoms. The van der Waals surface area contributed by atoms with Gasteiger partial charge in [0, 0.05) is 6.42 Å². The molecule has 490 valence electrons. The second kappa shape index (κ2) is 65.1. The van der Waals surface area contributed by atoms with Crippen molar-refractivity contribution < 1.29 is 32.9 Å². The Morgan fingerprint density at radius 1 is 0.429 bits per heavy atom. The van der Waals surface area contributed by atoms with Gasteiger partial charge in [0.25, 0.3) is 7.82 Å². The number of nitrogens with zero attached hydrogens (tertiary/aromatic N) is 1. The van der Waals surface area contributed by atoms with Gasteiger partial charge in [-0.25, -0.2) is 0 Å². The molecule has 0 radical (unpaired) electrons. The highest BCUT2D eigenvalue weighted by atomic mass is 31.2. The maximum Gasteiger partial charge on any atom is 0.268 e. The Hall–Kier alpha value is -2.32. The SMILES string of the molecule is CC/C=C\C/C=C\C/C=C\C/C=C\CCCCCCCCCCCCCCCCCCCCC(=O)NC(COP(=O)([O-])OCC[N+](C)(C)C)C(O)/C=C/CC/C=C/CC/C=C/CCCCCCCCCCCCCCCCCCCCCCC. The first kappa shape index (κ1) is 81.7. The highest BCUT2D eigenvalue weighted by Crippen LogP contribution is 2.38. The third-order valence-electron chi connectivity index (χ3n) is 16.1. The summed E-state index contributed by atoms with van der Waals surface area (Å²) in [6.45, 7) is 4.55. The summed E-state index contributed by atoms with van der Waals surface area (Å²) in [5.74, 6) is -0.209. The highest BCUT2D eigenvalue weighted by Gasteiger charge is 2.23. The van der Waals surface area contributed by atoms with E-state index in [0.29, 0.717) is 17.4 Å². The van der Waals surface area contributed by atoms with Crippen LogP contribution in [0, 0.1) is 0 Å². The quantitative estimate of drug-likeness (QED) is 0.0272. The number of rotatable bonds is 66. The number of unbranched alkanes of at least 4 members (excludes halogenated alkanes) is 41. The number of hydrogen-bond donors (Lipinski definition) is 2. The fourth-order valence-electron chi connectivity index (χ4n) is 10.5. The van der Waals surface area contributed by atoms with Crippen molar-refractivity contribution in [1.29, 1.82) is 0 Å². The summed E-state index contributed by atoms with van der Waals surface area (Å²) in [5, 5.41) is 13.9. The lowest BCUT2D eigenvalue weighted by Crippen LogP contribution is -2.45. The summed E-state index contributed by atoms with van der Waals surface area (Å²) in [6.07, 6.45) is 92.9. The van der Waals surface area contributed by atoms with Crippen molar-refractivity contribution >= 4 is 13.7 Å². The van der Waals surface area contributed by atoms with Gasteiger partial charge in [-0.1, -0.05) is 330 Å². The van der Waals surface area contributed by atoms with E-state index in [-0.39, 0.29) is 12.5 Å². The largest absolute Gasteiger partial charge is 0.756 e. The molecular weight excluding hydrogens is 1060 g/mol. The lowest BCUT2D eigenvalue weighted by Gasteiger charge is -2.29. The normalized spacial score (nSPS) is 14.1. The Morgan fingerprint density at radius 2 is 0.738 bits per heavy atom. The summed E-state index contributed by atoms with van der Waals surface area (Å²) in [7, 11) is 1.24. The first-order chi connectivity index (χ1) is 41.0. The predicted octanol–water partition coefficient (Wildman–Crippen LogP) is 22.5. The lowest BCUT2D eigenvalue weighted by molar-refractivity contribution is -0.870. The van der Waals surface area contributed by atoms with E-state index in [1.807, 2.05) is 27.2 Å². The molecular formula is C75H139N2O6P. The number of carbonyl (C=O) groups excluding carboxylic acids is 1. The number of aliphatic hydroxyl groups is 1. The Morgan fingerprint density at radius 3 is 1.11 bits per heavy atom. The van der Waals surface area contributed by atoms with Gasteiger partial charge in [0.1, 0.15) is 13.2 Å². The van der Waals surface area contributed by atoms with Gasteiger partial charge in [0.05, 0.1) is 39.9 Å². The molecule has 1 amide bonds. The van der Waals surface area contributed by atoms with Crippen molar-refractivity contribution in [2.24, 2.45) is 0 Å². The van der Waals surface area contributed by atoms with Crippen LogP contribution in [0.4, 0.5) is 0 Å². The molecule has 3 atom stereocenters. The number of phosphoric acid groups is 1. The van der Waals surface area contributed by atoms with Crippen LogP contribution >= 0.6 is 7.82 Å². The smallest absolute Gasteiger partial charge is 0.268 e. The zero-order valence-electron chi connectivity index (χ0n) is 56.1. The highest BCUT2D eigenvalue weighted by molar-refractivity contribution is 7.45. The molecule has 0 heterocycles. The Bertz CT molecular complexity index is 1650. The number of hydrogen-bond acceptors (Lipinski definition) is 6. The van der Waals surface area contributed by atoms with Crippen LogP contribution in [0.3, 0.4) is 0 Å². The topological polar surface area (TPSA) is 108 Å². The first-order valence-corrected chi connectivity index (χ1v) is 37.4. The Labute approximate surface area is 522 Å². The molecule has 0 aliphatic carbocycles. The van der Waals surface area contributed by atoms with Crippen molar-refractivity contribution in [1.82, 2.24) is 5.32 Å². The molecule has 0 rings (SSSR count). The van der Waals surface area contributed by atoms with Crippen LogP contribution in [0.25, 0.3) is 0 Å². The van der Waals surface area contributed by atoms with Gasteiger partial charge in [-0.2, -0.15) is 0 Å². The van der Waals surface area contributed by atoms with Gasteiger partial charge in [-0.05, 0) is 83.5 Å². The van der Waals surface area contributed by atoms with Crippen LogP contribution in [-0.2, 0) is 18.4 Å². The molecule has 0 aromatic heterocycles. The number of aliphatic hydroxyl groups excluding tert-OH is 1. The van der Waals surface area contributed by atoms with E-state index in [4.69, 9.17) is 9.05 Å². The van der Waals surface area contributed by atoms with Gasteiger partial charge < -0.3 is 28.8 Å². The second-order valence-electron chi connectivity index (χ2n) is 25.5. The van der Waals surface area contributed by atoms with Crippen molar-refractivity contribution in [3.63, 3.8) is 0 Å². The average molecular weight is 1200 g/mol. The van der Waals surface area contributed by atoms with Crippen LogP contribution in [0.5, 0.6) is 0 Å². The van der Waals surface area contributed by atoms with Crippen molar-refractivity contribution in [3.05, 3.63) is 85.1 Å². The number of quaternary nitrogens is 1. The van der Waals surface area contributed by atoms with Gasteiger partial charge in [0.15, 0.2) is 0 Å². The molecule has 0 saturated heterocycles. The molecule has 84 heavy (non-hydrogen) atoms. The van der Waals surface area contributed by atoms with Crippen LogP contribution in [0.1, 0.15) is 335 Å². The molecule has 0 aliphatic rings. The number of amides is 1. The molecule has 0 aliphatic heterocycles. The van der Waals surface area contributed by atoms with E-state index in [1.54, 1.807) is 6.08 Å². The van der Waals surface area contributed by atoms with E-state index < -0.39 is 26.6 Å². The van der Waals surface area contributed by atoms with Crippen LogP contribution in [0.15, 0.2) is 85.1 Å². The second-order valence-corrected chi connectivity index (χ2v) is 27.0. The first-order valence-electron chi connectivity index (χ1n) is 35.9. The molecule has 0 aromatic rings. The van der Waals surface area contributed by atoms with E-state index >= 15 is 0 Å². The third-order valence-corrected chi connectivity index (χ3v) is 17.0. The molecule has 0 fully saturated rings. The number of nitrogens with one attached hydrogen (secondary N) is 1. The Balaban J connectivity index is 4.11. The Kier molecular flexibility index (Phi) is 63.3. The molecule has 2 N–H and O–H groups in total. The molecule has 0 bridgehead atoms. The zero-order valence-corrected chi connectivity index (χ0v) is 57.0. The van der Waals surface area contributed by atoms with E-state index in [9.17, 15) is 19.4 Å². The predicted molar refractivity (Wildman–Crippen MR) is 367 cm³/mol. The van der Waals surface area contributed by atoms with E-state index in [2.05, 4.69) is 92.1 Å². The standard InChI is InChI=1S/C75H139N2O6P/c1-6-8-10-12-14-16-18-20-22-24-26-28-30-32-34-36-38-40-42-44-46-48-50-52-54-56-58-60-62-64-66-68-74(78)73(72-83-84(80,81)82-71-70-77(3,4)5)76-75(79)69-67-65-63-61-59-57-55-53-51-49-47-45-43-41-39-37-35-33-31-29-27-25-23-21-19-17-15-13-11-9-7-2/h9,11,15,17,21,23,27,29,50,52,58,60,66,68,73-74,78H,6-8,10,12-14,16,18-20,22,24-26,28,30-49,51,53-57,59,61-65,67,69-72H2,1-5H3,(H-,76,79,80,81)/b11-9-,17-15-,23-21-,29-27-,52-50+,60-58+,68-66+. The summed E-state index contributed by atoms with van der Waals surface area (Å²) in [5.41, 5.74) is 0. The monoisotopic (exact) mass is 1200 g/mol. The summed E-state index contributed by atoms with van der Waals surface area (Å²) >= 11 is 0. The molecule has 0 saturated carbocycles. The van der Waals surface area contributed by atoms with E-state index in [1.165, 1.54) is 244 Å². The summed E-state index contributed by atoms with van der Waals surface area (Å²) < 4.78 is 23.4. The number of carbonyl (C=O) groups is 1. The lowest BCUT2D eigenvalue weighted by atomic mass is 10.0. The fraction of sp³-hybridized carbons (Fsp3) is 0.800. The molecule has 3 unspecified atom stereocenters. The average Bonchev–Trinajstić information content (AvgIpc) is 3.56. The maximum atomic E-state index is 13.0. The minimum atomic E-state index is -4.62. The van der Waals surface area contributed by atoms with Gasteiger partial charge in [-0.15, -0.1) is 0 Å². The van der Waals surface area contributed by atoms with Gasteiger partial charge in [0.2, 0.25) is 5.91 Å². The minimum absolute atomic E-state index is 0.0106. The molecule has 8 nitrogen and oxygen atoms in total. The van der Waals surface area contributed by atoms with Crippen LogP contribution in [-0.4, -0.2) is 68.5 Å². The number of phosphoric ester groups is 1. The van der Waals surface area contributed by atoms with Gasteiger partial charge in [-0.3, -0.25) is 9.36 Å². The third kappa shape index (κ3) is 67.2. The molecule has 0 aromatic carbocycles. The van der Waals surface area contributed by atoms with Crippen LogP contribution < -0.4 is 10.2 Å². The molecule has 9 heteroatoms. The number of likely N-dealkylation sites (N-methyl/N-ethyl adjacent to an activating group) is 1. The minimum Gasteiger partial charge on any atom is -0.756 e. The van der Waals surface area contributed by atoms with Gasteiger partial charge >= 0.3 is 0 Å². The zero-order chi connectivity index (χ0) is 61.2. The van der Waals surface area contributed by atoms with Crippen molar-refractivity contribution in [2.45, 2.75) is 347 Å². The summed E-state index contributed by atoms with van der Waals surface area (Å²) in [6, 6.07) is -0.915. The van der Waals surface area contributed by atoms with Crippen molar-refractivity contribution in [3.8, 4) is 0 Å². The van der Waals surface area contributed by atoms with E-state index in [0.717, 1.165) is 70.6 Å². The van der Waals surface area contributed by atoms with Crippen LogP contribution in [0.2, 0.25) is 0 Å². The number of allylic oxidation sites excluding steroid dienone is 13. The van der Waals surface area contributed by atoms with Crippen molar-refractivity contribution in [2.75, 3.05) is 40.9 Å². The maximum absolute atomic E-state index is 13.0. The summed E-state index contributed by atoms with van der Waals surface area (Å²) in [4.78, 5) is 25.6.